The van der Waals surface area contributed by atoms with E-state index in [-0.39, 0.29) is 12.5 Å². The normalized spacial score (nSPS) is 12.3. The van der Waals surface area contributed by atoms with Crippen LogP contribution in [0.1, 0.15) is 5.56 Å². The molecular formula is C18H22N6O2. The van der Waals surface area contributed by atoms with Crippen LogP contribution >= 0.6 is 0 Å². The molecule has 0 spiro atoms. The van der Waals surface area contributed by atoms with E-state index < -0.39 is 11.9 Å². The Morgan fingerprint density at radius 3 is 2.31 bits per heavy atom. The summed E-state index contributed by atoms with van der Waals surface area (Å²) in [6.07, 6.45) is 1.08. The van der Waals surface area contributed by atoms with E-state index in [9.17, 15) is 9.59 Å². The van der Waals surface area contributed by atoms with Gasteiger partial charge >= 0.3 is 0 Å². The summed E-state index contributed by atoms with van der Waals surface area (Å²) in [4.78, 5) is 23.0. The molecule has 0 bridgehead atoms. The molecule has 0 saturated heterocycles. The number of hydrazone groups is 1. The van der Waals surface area contributed by atoms with E-state index in [1.165, 1.54) is 0 Å². The lowest BCUT2D eigenvalue weighted by molar-refractivity contribution is -0.121. The predicted octanol–water partition coefficient (Wildman–Crippen LogP) is -0.138. The lowest BCUT2D eigenvalue weighted by atomic mass is 10.0. The molecule has 0 saturated carbocycles. The van der Waals surface area contributed by atoms with Gasteiger partial charge in [-0.1, -0.05) is 54.6 Å². The van der Waals surface area contributed by atoms with Crippen LogP contribution in [0, 0.1) is 0 Å². The molecule has 7 N–H and O–H groups in total. The van der Waals surface area contributed by atoms with Crippen molar-refractivity contribution < 1.29 is 9.59 Å². The zero-order valence-electron chi connectivity index (χ0n) is 14.2. The van der Waals surface area contributed by atoms with Crippen LogP contribution in [-0.2, 0) is 16.0 Å². The second-order valence-corrected chi connectivity index (χ2v) is 5.51. The summed E-state index contributed by atoms with van der Waals surface area (Å²) in [5, 5.41) is 8.64. The molecule has 0 heterocycles. The molecule has 0 aliphatic rings. The molecule has 136 valence electrons. The van der Waals surface area contributed by atoms with Crippen LogP contribution in [0.25, 0.3) is 11.1 Å². The molecule has 0 aliphatic carbocycles. The van der Waals surface area contributed by atoms with Crippen molar-refractivity contribution >= 4 is 18.2 Å². The van der Waals surface area contributed by atoms with E-state index in [2.05, 4.69) is 21.2 Å². The Morgan fingerprint density at radius 2 is 1.73 bits per heavy atom. The second kappa shape index (κ2) is 9.92. The summed E-state index contributed by atoms with van der Waals surface area (Å²) in [7, 11) is 0. The first-order chi connectivity index (χ1) is 12.7. The maximum absolute atomic E-state index is 12.3. The number of hydrogen-bond acceptors (Lipinski definition) is 6. The Labute approximate surface area is 151 Å². The summed E-state index contributed by atoms with van der Waals surface area (Å²) < 4.78 is 0. The first-order valence-electron chi connectivity index (χ1n) is 8.04. The standard InChI is InChI=1S/C18H22N6O2/c19-23-18(24-20)22-17(26)16(21-10-11-25)12-13-6-8-15(9-7-13)14-4-2-1-3-5-14/h1-9,11,16,21H,10,12,19-20H2,(H2,22,23,24,26)/t16-/m0/s1. The van der Waals surface area contributed by atoms with Gasteiger partial charge in [0.2, 0.25) is 11.9 Å². The number of guanidine groups is 1. The smallest absolute Gasteiger partial charge is 0.244 e. The molecule has 2 aromatic carbocycles. The summed E-state index contributed by atoms with van der Waals surface area (Å²) in [6, 6.07) is 17.2. The van der Waals surface area contributed by atoms with Gasteiger partial charge in [-0.3, -0.25) is 20.9 Å². The Hall–Kier alpha value is -3.23. The molecule has 1 amide bonds. The van der Waals surface area contributed by atoms with E-state index in [0.717, 1.165) is 16.7 Å². The quantitative estimate of drug-likeness (QED) is 0.154. The van der Waals surface area contributed by atoms with Gasteiger partial charge < -0.3 is 10.6 Å². The predicted molar refractivity (Wildman–Crippen MR) is 101 cm³/mol. The average molecular weight is 354 g/mol. The second-order valence-electron chi connectivity index (χ2n) is 5.51. The Morgan fingerprint density at radius 1 is 1.08 bits per heavy atom. The van der Waals surface area contributed by atoms with Crippen molar-refractivity contribution in [2.75, 3.05) is 6.54 Å². The first kappa shape index (κ1) is 19.1. The number of rotatable bonds is 7. The maximum atomic E-state index is 12.3. The number of hydrogen-bond donors (Lipinski definition) is 5. The van der Waals surface area contributed by atoms with Crippen LogP contribution < -0.4 is 27.7 Å². The molecule has 0 unspecified atom stereocenters. The highest BCUT2D eigenvalue weighted by Crippen LogP contribution is 2.19. The van der Waals surface area contributed by atoms with Crippen LogP contribution in [0.15, 0.2) is 59.7 Å². The molecule has 2 rings (SSSR count). The van der Waals surface area contributed by atoms with Crippen LogP contribution in [0.5, 0.6) is 0 Å². The van der Waals surface area contributed by atoms with Gasteiger partial charge in [0.1, 0.15) is 6.29 Å². The van der Waals surface area contributed by atoms with Crippen molar-refractivity contribution in [1.29, 1.82) is 0 Å². The number of hydrazine groups is 1. The minimum absolute atomic E-state index is 0.0470. The minimum Gasteiger partial charge on any atom is -0.320 e. The van der Waals surface area contributed by atoms with Crippen molar-refractivity contribution in [3.05, 3.63) is 60.2 Å². The molecule has 2 aromatic rings. The van der Waals surface area contributed by atoms with Crippen LogP contribution in [0.4, 0.5) is 0 Å². The zero-order chi connectivity index (χ0) is 18.8. The van der Waals surface area contributed by atoms with E-state index in [0.29, 0.717) is 12.7 Å². The lowest BCUT2D eigenvalue weighted by Crippen LogP contribution is -2.52. The fraction of sp³-hybridized carbons (Fsp3) is 0.167. The molecule has 1 atom stereocenters. The number of amides is 1. The van der Waals surface area contributed by atoms with Gasteiger partial charge in [0, 0.05) is 0 Å². The monoisotopic (exact) mass is 354 g/mol. The van der Waals surface area contributed by atoms with E-state index in [1.54, 1.807) is 0 Å². The van der Waals surface area contributed by atoms with Crippen LogP contribution in [-0.4, -0.2) is 30.7 Å². The number of benzene rings is 2. The molecule has 0 aliphatic heterocycles. The molecular weight excluding hydrogens is 332 g/mol. The highest BCUT2D eigenvalue weighted by molar-refractivity contribution is 5.99. The highest BCUT2D eigenvalue weighted by Gasteiger charge is 2.19. The third-order valence-corrected chi connectivity index (χ3v) is 3.77. The maximum Gasteiger partial charge on any atom is 0.244 e. The fourth-order valence-corrected chi connectivity index (χ4v) is 2.46. The van der Waals surface area contributed by atoms with E-state index >= 15 is 0 Å². The van der Waals surface area contributed by atoms with Gasteiger partial charge in [0.25, 0.3) is 0 Å². The van der Waals surface area contributed by atoms with Gasteiger partial charge in [-0.25, -0.2) is 5.84 Å². The summed E-state index contributed by atoms with van der Waals surface area (Å²) >= 11 is 0. The Balaban J connectivity index is 2.09. The van der Waals surface area contributed by atoms with Gasteiger partial charge in [-0.2, -0.15) is 0 Å². The average Bonchev–Trinajstić information content (AvgIpc) is 2.70. The largest absolute Gasteiger partial charge is 0.320 e. The molecule has 8 heteroatoms. The van der Waals surface area contributed by atoms with Gasteiger partial charge in [-0.05, 0) is 23.1 Å². The topological polar surface area (TPSA) is 135 Å². The van der Waals surface area contributed by atoms with Gasteiger partial charge in [0.05, 0.1) is 12.6 Å². The molecule has 0 fully saturated rings. The SMILES string of the molecule is N/N=C(\NN)NC(=O)[C@H](Cc1ccc(-c2ccccc2)cc1)NCC=O. The van der Waals surface area contributed by atoms with Crippen molar-refractivity contribution in [3.63, 3.8) is 0 Å². The molecule has 8 nitrogen and oxygen atoms in total. The minimum atomic E-state index is -0.645. The van der Waals surface area contributed by atoms with Crippen molar-refractivity contribution in [2.24, 2.45) is 16.8 Å². The van der Waals surface area contributed by atoms with E-state index in [1.807, 2.05) is 54.6 Å². The summed E-state index contributed by atoms with van der Waals surface area (Å²) in [6.45, 7) is 0.0470. The molecule has 26 heavy (non-hydrogen) atoms. The number of carbonyl (C=O) groups is 2. The first-order valence-corrected chi connectivity index (χ1v) is 8.04. The number of nitrogens with zero attached hydrogens (tertiary/aromatic N) is 1. The molecule has 0 radical (unpaired) electrons. The highest BCUT2D eigenvalue weighted by atomic mass is 16.2. The summed E-state index contributed by atoms with van der Waals surface area (Å²) in [5.41, 5.74) is 5.32. The third-order valence-electron chi connectivity index (χ3n) is 3.77. The lowest BCUT2D eigenvalue weighted by Gasteiger charge is -2.18. The Bertz CT molecular complexity index is 746. The van der Waals surface area contributed by atoms with E-state index in [4.69, 9.17) is 11.7 Å². The van der Waals surface area contributed by atoms with Crippen LogP contribution in [0.2, 0.25) is 0 Å². The van der Waals surface area contributed by atoms with Crippen molar-refractivity contribution in [1.82, 2.24) is 16.1 Å². The number of carbonyl (C=O) groups excluding carboxylic acids is 2. The van der Waals surface area contributed by atoms with Gasteiger partial charge in [0.15, 0.2) is 0 Å². The van der Waals surface area contributed by atoms with Gasteiger partial charge in [-0.15, -0.1) is 5.10 Å². The van der Waals surface area contributed by atoms with Crippen molar-refractivity contribution in [2.45, 2.75) is 12.5 Å². The number of nitrogens with one attached hydrogen (secondary N) is 3. The zero-order valence-corrected chi connectivity index (χ0v) is 14.2. The summed E-state index contributed by atoms with van der Waals surface area (Å²) in [5.74, 6) is 9.85. The van der Waals surface area contributed by atoms with Crippen LogP contribution in [0.3, 0.4) is 0 Å². The Kier molecular flexibility index (Phi) is 7.29. The fourth-order valence-electron chi connectivity index (χ4n) is 2.46. The number of aldehydes is 1. The van der Waals surface area contributed by atoms with Crippen molar-refractivity contribution in [3.8, 4) is 11.1 Å². The number of nitrogens with two attached hydrogens (primary N) is 2. The third kappa shape index (κ3) is 5.40. The molecule has 0 aromatic heterocycles.